The highest BCUT2D eigenvalue weighted by Gasteiger charge is 2.48. The van der Waals surface area contributed by atoms with Crippen LogP contribution in [0.15, 0.2) is 6.07 Å². The molecule has 114 valence electrons. The second kappa shape index (κ2) is 4.35. The Morgan fingerprint density at radius 2 is 1.00 bits per heavy atom. The molecule has 0 bridgehead atoms. The van der Waals surface area contributed by atoms with Gasteiger partial charge >= 0.3 is 18.5 Å². The average molecular weight is 312 g/mol. The van der Waals surface area contributed by atoms with E-state index in [1.807, 2.05) is 0 Å². The summed E-state index contributed by atoms with van der Waals surface area (Å²) in [6, 6.07) is -0.700. The van der Waals surface area contributed by atoms with Gasteiger partial charge in [-0.05, 0) is 6.07 Å². The van der Waals surface area contributed by atoms with Gasteiger partial charge in [0.05, 0.1) is 28.1 Å². The Hall–Kier alpha value is -1.81. The van der Waals surface area contributed by atoms with Crippen molar-refractivity contribution in [2.45, 2.75) is 18.5 Å². The van der Waals surface area contributed by atoms with Gasteiger partial charge in [-0.2, -0.15) is 39.5 Å². The molecule has 0 aliphatic heterocycles. The van der Waals surface area contributed by atoms with E-state index in [9.17, 15) is 39.5 Å². The Labute approximate surface area is 105 Å². The topological polar surface area (TPSA) is 52.0 Å². The van der Waals surface area contributed by atoms with E-state index in [0.29, 0.717) is 0 Å². The molecule has 11 heteroatoms. The molecule has 0 unspecified atom stereocenters. The minimum Gasteiger partial charge on any atom is -0.397 e. The molecule has 0 aromatic heterocycles. The number of rotatable bonds is 0. The number of hydrogen-bond acceptors (Lipinski definition) is 2. The summed E-state index contributed by atoms with van der Waals surface area (Å²) in [7, 11) is 0. The molecule has 2 nitrogen and oxygen atoms in total. The lowest BCUT2D eigenvalue weighted by atomic mass is 9.98. The maximum atomic E-state index is 12.5. The third-order valence-corrected chi connectivity index (χ3v) is 2.30. The average Bonchev–Trinajstić information content (AvgIpc) is 2.15. The van der Waals surface area contributed by atoms with Crippen LogP contribution in [0.5, 0.6) is 0 Å². The first-order valence-electron chi connectivity index (χ1n) is 4.61. The fourth-order valence-electron chi connectivity index (χ4n) is 1.48. The van der Waals surface area contributed by atoms with E-state index in [1.54, 1.807) is 0 Å². The monoisotopic (exact) mass is 312 g/mol. The van der Waals surface area contributed by atoms with Crippen LogP contribution in [-0.4, -0.2) is 0 Å². The van der Waals surface area contributed by atoms with Crippen LogP contribution in [0.2, 0.25) is 0 Å². The van der Waals surface area contributed by atoms with E-state index < -0.39 is 52.7 Å². The molecule has 0 spiro atoms. The molecule has 0 fully saturated rings. The maximum absolute atomic E-state index is 12.5. The van der Waals surface area contributed by atoms with Gasteiger partial charge in [0, 0.05) is 0 Å². The van der Waals surface area contributed by atoms with Crippen LogP contribution in [0.4, 0.5) is 50.9 Å². The highest BCUT2D eigenvalue weighted by atomic mass is 19.4. The fourth-order valence-corrected chi connectivity index (χ4v) is 1.48. The molecular weight excluding hydrogens is 307 g/mol. The second-order valence-electron chi connectivity index (χ2n) is 3.67. The maximum Gasteiger partial charge on any atom is 0.419 e. The number of alkyl halides is 9. The summed E-state index contributed by atoms with van der Waals surface area (Å²) in [4.78, 5) is 0. The SMILES string of the molecule is Nc1c(C(F)(F)F)cc(C(F)(F)F)c(C(F)(F)F)c1N. The summed E-state index contributed by atoms with van der Waals surface area (Å²) in [5, 5.41) is 0. The van der Waals surface area contributed by atoms with Crippen LogP contribution in [0.1, 0.15) is 16.7 Å². The minimum atomic E-state index is -5.67. The van der Waals surface area contributed by atoms with E-state index in [1.165, 1.54) is 0 Å². The third kappa shape index (κ3) is 2.85. The molecule has 0 radical (unpaired) electrons. The Bertz CT molecular complexity index is 524. The van der Waals surface area contributed by atoms with Gasteiger partial charge in [-0.15, -0.1) is 0 Å². The first kappa shape index (κ1) is 16.2. The number of benzene rings is 1. The van der Waals surface area contributed by atoms with Crippen molar-refractivity contribution in [1.29, 1.82) is 0 Å². The number of halogens is 9. The largest absolute Gasteiger partial charge is 0.419 e. The zero-order valence-corrected chi connectivity index (χ0v) is 9.13. The highest BCUT2D eigenvalue weighted by Crippen LogP contribution is 2.48. The van der Waals surface area contributed by atoms with Crippen LogP contribution in [0, 0.1) is 0 Å². The molecule has 1 aromatic carbocycles. The highest BCUT2D eigenvalue weighted by molar-refractivity contribution is 5.74. The van der Waals surface area contributed by atoms with Gasteiger partial charge < -0.3 is 11.5 Å². The van der Waals surface area contributed by atoms with Crippen molar-refractivity contribution in [3.05, 3.63) is 22.8 Å². The standard InChI is InChI=1S/C9H5F9N2/c10-7(11,12)2-1-3(8(13,14)15)5(19)6(20)4(2)9(16,17)18/h1H,19-20H2. The molecule has 0 atom stereocenters. The second-order valence-corrected chi connectivity index (χ2v) is 3.67. The van der Waals surface area contributed by atoms with Gasteiger partial charge in [0.1, 0.15) is 0 Å². The molecule has 0 saturated heterocycles. The predicted octanol–water partition coefficient (Wildman–Crippen LogP) is 3.91. The van der Waals surface area contributed by atoms with E-state index in [2.05, 4.69) is 0 Å². The summed E-state index contributed by atoms with van der Waals surface area (Å²) < 4.78 is 112. The van der Waals surface area contributed by atoms with Crippen molar-refractivity contribution in [3.63, 3.8) is 0 Å². The number of hydrogen-bond donors (Lipinski definition) is 2. The van der Waals surface area contributed by atoms with E-state index in [-0.39, 0.29) is 0 Å². The first-order valence-corrected chi connectivity index (χ1v) is 4.61. The number of nitrogens with two attached hydrogens (primary N) is 2. The van der Waals surface area contributed by atoms with Crippen LogP contribution in [0.3, 0.4) is 0 Å². The summed E-state index contributed by atoms with van der Waals surface area (Å²) in [5.41, 5.74) is -0.967. The van der Waals surface area contributed by atoms with E-state index >= 15 is 0 Å². The molecule has 0 saturated carbocycles. The Morgan fingerprint density at radius 1 is 0.600 bits per heavy atom. The van der Waals surface area contributed by atoms with Gasteiger partial charge in [0.2, 0.25) is 0 Å². The lowest BCUT2D eigenvalue weighted by molar-refractivity contribution is -0.162. The van der Waals surface area contributed by atoms with Gasteiger partial charge in [-0.3, -0.25) is 0 Å². The molecular formula is C9H5F9N2. The third-order valence-electron chi connectivity index (χ3n) is 2.30. The molecule has 1 aromatic rings. The van der Waals surface area contributed by atoms with Crippen LogP contribution in [0.25, 0.3) is 0 Å². The number of nitrogen functional groups attached to an aromatic ring is 2. The van der Waals surface area contributed by atoms with Crippen molar-refractivity contribution < 1.29 is 39.5 Å². The van der Waals surface area contributed by atoms with Crippen molar-refractivity contribution >= 4 is 11.4 Å². The summed E-state index contributed by atoms with van der Waals surface area (Å²) >= 11 is 0. The lowest BCUT2D eigenvalue weighted by Crippen LogP contribution is -2.23. The van der Waals surface area contributed by atoms with Gasteiger partial charge in [0.15, 0.2) is 0 Å². The molecule has 0 aliphatic rings. The fraction of sp³-hybridized carbons (Fsp3) is 0.333. The van der Waals surface area contributed by atoms with Crippen LogP contribution >= 0.6 is 0 Å². The van der Waals surface area contributed by atoms with Crippen molar-refractivity contribution in [2.24, 2.45) is 0 Å². The molecule has 0 aliphatic carbocycles. The van der Waals surface area contributed by atoms with Crippen molar-refractivity contribution in [2.75, 3.05) is 11.5 Å². The molecule has 1 rings (SSSR count). The summed E-state index contributed by atoms with van der Waals surface area (Å²) in [6.07, 6.45) is -16.7. The smallest absolute Gasteiger partial charge is 0.397 e. The van der Waals surface area contributed by atoms with Gasteiger partial charge in [-0.1, -0.05) is 0 Å². The normalized spacial score (nSPS) is 13.7. The zero-order chi connectivity index (χ0) is 16.1. The minimum absolute atomic E-state index is 0.700. The van der Waals surface area contributed by atoms with Crippen LogP contribution < -0.4 is 11.5 Å². The predicted molar refractivity (Wildman–Crippen MR) is 50.3 cm³/mol. The van der Waals surface area contributed by atoms with E-state index in [0.717, 1.165) is 0 Å². The van der Waals surface area contributed by atoms with Gasteiger partial charge in [-0.25, -0.2) is 0 Å². The Balaban J connectivity index is 3.85. The molecule has 20 heavy (non-hydrogen) atoms. The molecule has 0 heterocycles. The Morgan fingerprint density at radius 3 is 1.30 bits per heavy atom. The first-order chi connectivity index (χ1) is 8.67. The van der Waals surface area contributed by atoms with Crippen molar-refractivity contribution in [1.82, 2.24) is 0 Å². The van der Waals surface area contributed by atoms with Crippen LogP contribution in [-0.2, 0) is 18.5 Å². The molecule has 4 N–H and O–H groups in total. The van der Waals surface area contributed by atoms with Crippen molar-refractivity contribution in [3.8, 4) is 0 Å². The zero-order valence-electron chi connectivity index (χ0n) is 9.13. The van der Waals surface area contributed by atoms with E-state index in [4.69, 9.17) is 11.5 Å². The lowest BCUT2D eigenvalue weighted by Gasteiger charge is -2.21. The Kier molecular flexibility index (Phi) is 3.53. The molecule has 0 amide bonds. The number of anilines is 2. The quantitative estimate of drug-likeness (QED) is 0.564. The summed E-state index contributed by atoms with van der Waals surface area (Å²) in [6.45, 7) is 0. The van der Waals surface area contributed by atoms with Gasteiger partial charge in [0.25, 0.3) is 0 Å². The summed E-state index contributed by atoms with van der Waals surface area (Å²) in [5.74, 6) is 0.